The number of hydrogen-bond acceptors (Lipinski definition) is 6. The van der Waals surface area contributed by atoms with Crippen LogP contribution in [0, 0.1) is 11.8 Å². The van der Waals surface area contributed by atoms with Crippen LogP contribution in [0.4, 0.5) is 4.79 Å². The molecule has 0 bridgehead atoms. The fourth-order valence-electron chi connectivity index (χ4n) is 5.03. The predicted molar refractivity (Wildman–Crippen MR) is 132 cm³/mol. The number of amides is 2. The van der Waals surface area contributed by atoms with Crippen molar-refractivity contribution in [2.24, 2.45) is 11.8 Å². The third kappa shape index (κ3) is 6.40. The van der Waals surface area contributed by atoms with E-state index >= 15 is 0 Å². The van der Waals surface area contributed by atoms with E-state index in [1.54, 1.807) is 19.9 Å². The van der Waals surface area contributed by atoms with Crippen molar-refractivity contribution in [3.8, 4) is 0 Å². The van der Waals surface area contributed by atoms with Gasteiger partial charge in [0.25, 0.3) is 0 Å². The SMILES string of the molecule is CC(C)C1N(C(=O)C(Cc2ccccc2)C2OC(=CCCCCCO)C=CC2=O)C(=O)OC1(C)C. The summed E-state index contributed by atoms with van der Waals surface area (Å²) in [5.74, 6) is -1.15. The second kappa shape index (κ2) is 11.7. The van der Waals surface area contributed by atoms with Gasteiger partial charge in [0.15, 0.2) is 11.9 Å². The van der Waals surface area contributed by atoms with Gasteiger partial charge in [-0.05, 0) is 69.2 Å². The van der Waals surface area contributed by atoms with Gasteiger partial charge in [0, 0.05) is 6.61 Å². The van der Waals surface area contributed by atoms with Gasteiger partial charge in [0.1, 0.15) is 11.4 Å². The zero-order chi connectivity index (χ0) is 25.6. The third-order valence-electron chi connectivity index (χ3n) is 6.55. The molecular weight excluding hydrogens is 446 g/mol. The quantitative estimate of drug-likeness (QED) is 0.490. The summed E-state index contributed by atoms with van der Waals surface area (Å²) in [5, 5.41) is 8.95. The maximum absolute atomic E-state index is 14.0. The van der Waals surface area contributed by atoms with E-state index in [-0.39, 0.29) is 24.7 Å². The molecule has 7 nitrogen and oxygen atoms in total. The van der Waals surface area contributed by atoms with E-state index < -0.39 is 35.7 Å². The zero-order valence-electron chi connectivity index (χ0n) is 21.1. The number of unbranched alkanes of at least 4 members (excludes halogenated alkanes) is 3. The van der Waals surface area contributed by atoms with Gasteiger partial charge in [-0.2, -0.15) is 0 Å². The average molecular weight is 484 g/mol. The molecule has 1 N–H and O–H groups in total. The van der Waals surface area contributed by atoms with Crippen molar-refractivity contribution < 1.29 is 29.0 Å². The van der Waals surface area contributed by atoms with Gasteiger partial charge in [-0.3, -0.25) is 9.59 Å². The van der Waals surface area contributed by atoms with Crippen LogP contribution in [0.15, 0.2) is 54.3 Å². The Balaban J connectivity index is 1.90. The minimum Gasteiger partial charge on any atom is -0.482 e. The van der Waals surface area contributed by atoms with E-state index in [1.807, 2.05) is 50.3 Å². The number of benzene rings is 1. The second-order valence-corrected chi connectivity index (χ2v) is 10.1. The molecular formula is C28H37NO6. The Kier molecular flexibility index (Phi) is 8.89. The standard InChI is InChI=1S/C28H37NO6/c1-19(2)25-28(3,4)35-27(33)29(25)26(32)22(18-20-12-8-7-9-13-20)24-23(31)16-15-21(34-24)14-10-5-6-11-17-30/h7-9,12-16,19,22,24-25,30H,5-6,10-11,17-18H2,1-4H3. The van der Waals surface area contributed by atoms with Crippen molar-refractivity contribution in [1.82, 2.24) is 4.90 Å². The fourth-order valence-corrected chi connectivity index (χ4v) is 5.03. The van der Waals surface area contributed by atoms with Crippen LogP contribution in [0.3, 0.4) is 0 Å². The van der Waals surface area contributed by atoms with Crippen LogP contribution < -0.4 is 0 Å². The van der Waals surface area contributed by atoms with Crippen molar-refractivity contribution in [1.29, 1.82) is 0 Å². The number of aliphatic hydroxyl groups is 1. The van der Waals surface area contributed by atoms with Crippen LogP contribution in [0.1, 0.15) is 58.9 Å². The van der Waals surface area contributed by atoms with Gasteiger partial charge in [0.05, 0.1) is 12.0 Å². The van der Waals surface area contributed by atoms with Crippen LogP contribution in [0.5, 0.6) is 0 Å². The first kappa shape index (κ1) is 26.7. The highest BCUT2D eigenvalue weighted by molar-refractivity contribution is 6.02. The number of cyclic esters (lactones) is 1. The van der Waals surface area contributed by atoms with Gasteiger partial charge < -0.3 is 14.6 Å². The number of ketones is 1. The molecule has 1 aromatic carbocycles. The second-order valence-electron chi connectivity index (χ2n) is 10.1. The van der Waals surface area contributed by atoms with Gasteiger partial charge in [0.2, 0.25) is 5.91 Å². The van der Waals surface area contributed by atoms with E-state index in [2.05, 4.69) is 0 Å². The van der Waals surface area contributed by atoms with Crippen LogP contribution >= 0.6 is 0 Å². The third-order valence-corrected chi connectivity index (χ3v) is 6.55. The number of carbonyl (C=O) groups excluding carboxylic acids is 3. The summed E-state index contributed by atoms with van der Waals surface area (Å²) in [6, 6.07) is 8.97. The molecule has 0 aromatic heterocycles. The van der Waals surface area contributed by atoms with Crippen molar-refractivity contribution in [2.45, 2.75) is 77.5 Å². The Morgan fingerprint density at radius 3 is 2.49 bits per heavy atom. The summed E-state index contributed by atoms with van der Waals surface area (Å²) in [6.45, 7) is 7.67. The van der Waals surface area contributed by atoms with E-state index in [4.69, 9.17) is 14.6 Å². The molecule has 35 heavy (non-hydrogen) atoms. The highest BCUT2D eigenvalue weighted by Gasteiger charge is 2.54. The van der Waals surface area contributed by atoms with Crippen LogP contribution in [-0.4, -0.2) is 52.1 Å². The molecule has 7 heteroatoms. The van der Waals surface area contributed by atoms with Gasteiger partial charge in [-0.15, -0.1) is 0 Å². The lowest BCUT2D eigenvalue weighted by atomic mass is 9.85. The van der Waals surface area contributed by atoms with Gasteiger partial charge in [-0.1, -0.05) is 50.6 Å². The fraction of sp³-hybridized carbons (Fsp3) is 0.536. The first-order valence-electron chi connectivity index (χ1n) is 12.4. The average Bonchev–Trinajstić information content (AvgIpc) is 3.07. The number of imide groups is 1. The normalized spacial score (nSPS) is 23.5. The summed E-state index contributed by atoms with van der Waals surface area (Å²) in [7, 11) is 0. The Labute approximate surface area is 207 Å². The number of nitrogens with zero attached hydrogens (tertiary/aromatic N) is 1. The van der Waals surface area contributed by atoms with E-state index in [1.165, 1.54) is 11.0 Å². The Morgan fingerprint density at radius 2 is 1.83 bits per heavy atom. The highest BCUT2D eigenvalue weighted by atomic mass is 16.6. The molecule has 2 aliphatic rings. The molecule has 1 saturated heterocycles. The number of allylic oxidation sites excluding steroid dienone is 2. The largest absolute Gasteiger partial charge is 0.482 e. The lowest BCUT2D eigenvalue weighted by Crippen LogP contribution is -2.53. The van der Waals surface area contributed by atoms with Crippen molar-refractivity contribution in [3.63, 3.8) is 0 Å². The number of carbonyl (C=O) groups is 3. The van der Waals surface area contributed by atoms with E-state index in [0.29, 0.717) is 5.76 Å². The summed E-state index contributed by atoms with van der Waals surface area (Å²) >= 11 is 0. The maximum atomic E-state index is 14.0. The molecule has 0 aliphatic carbocycles. The first-order chi connectivity index (χ1) is 16.7. The predicted octanol–water partition coefficient (Wildman–Crippen LogP) is 4.59. The molecule has 2 heterocycles. The number of rotatable bonds is 10. The summed E-state index contributed by atoms with van der Waals surface area (Å²) in [6.07, 6.45) is 6.76. The van der Waals surface area contributed by atoms with Crippen molar-refractivity contribution in [2.75, 3.05) is 6.61 Å². The first-order valence-corrected chi connectivity index (χ1v) is 12.4. The van der Waals surface area contributed by atoms with Crippen LogP contribution in [0.2, 0.25) is 0 Å². The molecule has 3 unspecified atom stereocenters. The van der Waals surface area contributed by atoms with Crippen molar-refractivity contribution in [3.05, 3.63) is 59.9 Å². The molecule has 3 rings (SSSR count). The van der Waals surface area contributed by atoms with Crippen LogP contribution in [-0.2, 0) is 25.5 Å². The maximum Gasteiger partial charge on any atom is 0.417 e. The Hall–Kier alpha value is -2.93. The van der Waals surface area contributed by atoms with Gasteiger partial charge >= 0.3 is 6.09 Å². The number of hydrogen-bond donors (Lipinski definition) is 1. The molecule has 1 aromatic rings. The lowest BCUT2D eigenvalue weighted by Gasteiger charge is -2.35. The smallest absolute Gasteiger partial charge is 0.417 e. The molecule has 2 amide bonds. The summed E-state index contributed by atoms with van der Waals surface area (Å²) < 4.78 is 11.7. The summed E-state index contributed by atoms with van der Waals surface area (Å²) in [5.41, 5.74) is 0.0362. The molecule has 190 valence electrons. The molecule has 2 aliphatic heterocycles. The minimum atomic E-state index is -1.04. The lowest BCUT2D eigenvalue weighted by molar-refractivity contribution is -0.144. The number of ether oxygens (including phenoxy) is 2. The highest BCUT2D eigenvalue weighted by Crippen LogP contribution is 2.36. The molecule has 3 atom stereocenters. The topological polar surface area (TPSA) is 93.1 Å². The summed E-state index contributed by atoms with van der Waals surface area (Å²) in [4.78, 5) is 41.0. The zero-order valence-corrected chi connectivity index (χ0v) is 21.1. The minimum absolute atomic E-state index is 0.0324. The molecule has 0 saturated carbocycles. The Bertz CT molecular complexity index is 965. The van der Waals surface area contributed by atoms with E-state index in [0.717, 1.165) is 31.2 Å². The molecule has 0 spiro atoms. The molecule has 0 radical (unpaired) electrons. The van der Waals surface area contributed by atoms with Crippen molar-refractivity contribution >= 4 is 17.8 Å². The number of aliphatic hydroxyl groups excluding tert-OH is 1. The van der Waals surface area contributed by atoms with Gasteiger partial charge in [-0.25, -0.2) is 9.69 Å². The Morgan fingerprint density at radius 1 is 1.11 bits per heavy atom. The van der Waals surface area contributed by atoms with E-state index in [9.17, 15) is 14.4 Å². The monoisotopic (exact) mass is 483 g/mol. The van der Waals surface area contributed by atoms with Crippen LogP contribution in [0.25, 0.3) is 0 Å². The molecule has 1 fully saturated rings.